The van der Waals surface area contributed by atoms with Crippen LogP contribution in [-0.4, -0.2) is 51.8 Å². The van der Waals surface area contributed by atoms with E-state index < -0.39 is 28.4 Å². The van der Waals surface area contributed by atoms with Crippen molar-refractivity contribution in [3.05, 3.63) is 84.7 Å². The van der Waals surface area contributed by atoms with Crippen LogP contribution < -0.4 is 14.5 Å². The lowest BCUT2D eigenvalue weighted by atomic mass is 10.2. The average molecular weight is 483 g/mol. The largest absolute Gasteiger partial charge is 0.482 e. The van der Waals surface area contributed by atoms with Gasteiger partial charge in [-0.15, -0.1) is 0 Å². The van der Waals surface area contributed by atoms with E-state index in [1.54, 1.807) is 54.6 Å². The molecule has 2 aromatic carbocycles. The molecule has 1 amide bonds. The standard InChI is InChI=1S/C23H22N4O6S/c1-32-23(29)17-33-20-11-9-18(10-12-20)14-25-26-22(28)16-27(19-6-5-13-24-15-19)34(30,31)21-7-3-2-4-8-21/h2-15H,16-17H2,1H3,(H,26,28)/b25-14-. The van der Waals surface area contributed by atoms with Crippen molar-refractivity contribution in [2.45, 2.75) is 4.90 Å². The zero-order valence-electron chi connectivity index (χ0n) is 18.2. The molecule has 0 fully saturated rings. The van der Waals surface area contributed by atoms with Crippen LogP contribution in [0.3, 0.4) is 0 Å². The number of aromatic nitrogens is 1. The maximum atomic E-state index is 13.1. The number of esters is 1. The molecule has 0 spiro atoms. The van der Waals surface area contributed by atoms with Gasteiger partial charge >= 0.3 is 5.97 Å². The van der Waals surface area contributed by atoms with Crippen molar-refractivity contribution >= 4 is 33.8 Å². The number of carbonyl (C=O) groups is 2. The number of hydrazone groups is 1. The van der Waals surface area contributed by atoms with Crippen LogP contribution in [0.5, 0.6) is 5.75 Å². The first-order chi connectivity index (χ1) is 16.4. The minimum absolute atomic E-state index is 0.0460. The van der Waals surface area contributed by atoms with E-state index in [1.165, 1.54) is 37.9 Å². The molecule has 3 aromatic rings. The number of amides is 1. The number of carbonyl (C=O) groups excluding carboxylic acids is 2. The second kappa shape index (κ2) is 11.6. The lowest BCUT2D eigenvalue weighted by Gasteiger charge is -2.23. The van der Waals surface area contributed by atoms with Crippen LogP contribution in [0.15, 0.2) is 89.1 Å². The molecule has 176 valence electrons. The third kappa shape index (κ3) is 6.62. The highest BCUT2D eigenvalue weighted by Crippen LogP contribution is 2.22. The molecule has 0 radical (unpaired) electrons. The first-order valence-electron chi connectivity index (χ1n) is 9.99. The van der Waals surface area contributed by atoms with Gasteiger partial charge in [0.15, 0.2) is 6.61 Å². The number of ether oxygens (including phenoxy) is 2. The highest BCUT2D eigenvalue weighted by atomic mass is 32.2. The summed E-state index contributed by atoms with van der Waals surface area (Å²) in [6, 6.07) is 17.5. The molecule has 0 saturated heterocycles. The van der Waals surface area contributed by atoms with Crippen LogP contribution in [-0.2, 0) is 24.3 Å². The van der Waals surface area contributed by atoms with Crippen molar-refractivity contribution in [3.8, 4) is 5.75 Å². The summed E-state index contributed by atoms with van der Waals surface area (Å²) in [6.45, 7) is -0.708. The first kappa shape index (κ1) is 24.4. The highest BCUT2D eigenvalue weighted by Gasteiger charge is 2.27. The molecule has 0 atom stereocenters. The SMILES string of the molecule is COC(=O)COc1ccc(/C=N\NC(=O)CN(c2cccnc2)S(=O)(=O)c2ccccc2)cc1. The number of anilines is 1. The summed E-state index contributed by atoms with van der Waals surface area (Å²) >= 11 is 0. The molecule has 0 unspecified atom stereocenters. The Morgan fingerprint density at radius 1 is 1.06 bits per heavy atom. The van der Waals surface area contributed by atoms with Gasteiger partial charge in [-0.3, -0.25) is 14.1 Å². The van der Waals surface area contributed by atoms with E-state index in [2.05, 4.69) is 20.2 Å². The van der Waals surface area contributed by atoms with Crippen LogP contribution >= 0.6 is 0 Å². The summed E-state index contributed by atoms with van der Waals surface area (Å²) in [7, 11) is -2.74. The maximum absolute atomic E-state index is 13.1. The molecule has 0 aliphatic heterocycles. The molecule has 1 aromatic heterocycles. The van der Waals surface area contributed by atoms with Gasteiger partial charge in [0.2, 0.25) is 0 Å². The zero-order valence-corrected chi connectivity index (χ0v) is 19.0. The van der Waals surface area contributed by atoms with Crippen molar-refractivity contribution in [1.82, 2.24) is 10.4 Å². The quantitative estimate of drug-likeness (QED) is 0.266. The molecule has 10 nitrogen and oxygen atoms in total. The third-order valence-corrected chi connectivity index (χ3v) is 6.21. The summed E-state index contributed by atoms with van der Waals surface area (Å²) in [5, 5.41) is 3.88. The monoisotopic (exact) mass is 482 g/mol. The normalized spacial score (nSPS) is 11.1. The first-order valence-corrected chi connectivity index (χ1v) is 11.4. The second-order valence-electron chi connectivity index (χ2n) is 6.76. The lowest BCUT2D eigenvalue weighted by Crippen LogP contribution is -2.39. The molecule has 0 bridgehead atoms. The number of methoxy groups -OCH3 is 1. The van der Waals surface area contributed by atoms with E-state index >= 15 is 0 Å². The minimum Gasteiger partial charge on any atom is -0.482 e. The van der Waals surface area contributed by atoms with E-state index in [-0.39, 0.29) is 17.2 Å². The Morgan fingerprint density at radius 3 is 2.44 bits per heavy atom. The van der Waals surface area contributed by atoms with Crippen LogP contribution in [0.4, 0.5) is 5.69 Å². The number of nitrogens with one attached hydrogen (secondary N) is 1. The number of hydrogen-bond donors (Lipinski definition) is 1. The summed E-state index contributed by atoms with van der Waals surface area (Å²) in [4.78, 5) is 27.6. The van der Waals surface area contributed by atoms with E-state index in [9.17, 15) is 18.0 Å². The Kier molecular flexibility index (Phi) is 8.30. The molecular formula is C23H22N4O6S. The Bertz CT molecular complexity index is 1230. The van der Waals surface area contributed by atoms with Gasteiger partial charge in [-0.1, -0.05) is 18.2 Å². The number of hydrogen-bond acceptors (Lipinski definition) is 8. The fraction of sp³-hybridized carbons (Fsp3) is 0.130. The van der Waals surface area contributed by atoms with E-state index in [4.69, 9.17) is 4.74 Å². The highest BCUT2D eigenvalue weighted by molar-refractivity contribution is 7.92. The summed E-state index contributed by atoms with van der Waals surface area (Å²) in [5.41, 5.74) is 3.22. The maximum Gasteiger partial charge on any atom is 0.343 e. The van der Waals surface area contributed by atoms with Gasteiger partial charge in [-0.25, -0.2) is 18.6 Å². The zero-order chi connectivity index (χ0) is 24.4. The molecule has 0 saturated carbocycles. The Labute approximate surface area is 196 Å². The fourth-order valence-corrected chi connectivity index (χ4v) is 4.16. The smallest absolute Gasteiger partial charge is 0.343 e. The van der Waals surface area contributed by atoms with E-state index in [1.807, 2.05) is 0 Å². The predicted octanol–water partition coefficient (Wildman–Crippen LogP) is 1.98. The molecule has 3 rings (SSSR count). The summed E-state index contributed by atoms with van der Waals surface area (Å²) in [5.74, 6) is -0.676. The number of benzene rings is 2. The minimum atomic E-state index is -4.01. The van der Waals surface area contributed by atoms with Crippen molar-refractivity contribution in [2.24, 2.45) is 5.10 Å². The van der Waals surface area contributed by atoms with Crippen LogP contribution in [0, 0.1) is 0 Å². The predicted molar refractivity (Wildman–Crippen MR) is 125 cm³/mol. The van der Waals surface area contributed by atoms with Gasteiger partial charge in [0.25, 0.3) is 15.9 Å². The van der Waals surface area contributed by atoms with Gasteiger partial charge < -0.3 is 9.47 Å². The fourth-order valence-electron chi connectivity index (χ4n) is 2.73. The van der Waals surface area contributed by atoms with E-state index in [0.29, 0.717) is 11.3 Å². The molecule has 11 heteroatoms. The van der Waals surface area contributed by atoms with Crippen molar-refractivity contribution < 1.29 is 27.5 Å². The van der Waals surface area contributed by atoms with Crippen molar-refractivity contribution in [3.63, 3.8) is 0 Å². The topological polar surface area (TPSA) is 127 Å². The van der Waals surface area contributed by atoms with Crippen molar-refractivity contribution in [1.29, 1.82) is 0 Å². The molecule has 1 N–H and O–H groups in total. The van der Waals surface area contributed by atoms with E-state index in [0.717, 1.165) is 4.31 Å². The summed E-state index contributed by atoms with van der Waals surface area (Å²) < 4.78 is 37.0. The Morgan fingerprint density at radius 2 is 1.79 bits per heavy atom. The number of nitrogens with zero attached hydrogens (tertiary/aromatic N) is 3. The number of pyridine rings is 1. The van der Waals surface area contributed by atoms with Crippen LogP contribution in [0.2, 0.25) is 0 Å². The summed E-state index contributed by atoms with van der Waals surface area (Å²) in [6.07, 6.45) is 4.26. The lowest BCUT2D eigenvalue weighted by molar-refractivity contribution is -0.142. The van der Waals surface area contributed by atoms with Crippen molar-refractivity contribution in [2.75, 3.05) is 24.6 Å². The van der Waals surface area contributed by atoms with Gasteiger partial charge in [-0.2, -0.15) is 5.10 Å². The number of rotatable bonds is 10. The Hall–Kier alpha value is -4.25. The van der Waals surface area contributed by atoms with Gasteiger partial charge in [0.05, 0.1) is 30.1 Å². The molecule has 0 aliphatic rings. The Balaban J connectivity index is 1.66. The van der Waals surface area contributed by atoms with Gasteiger partial charge in [0, 0.05) is 6.20 Å². The molecular weight excluding hydrogens is 460 g/mol. The average Bonchev–Trinajstić information content (AvgIpc) is 2.87. The van der Waals surface area contributed by atoms with Gasteiger partial charge in [0.1, 0.15) is 12.3 Å². The van der Waals surface area contributed by atoms with Crippen LogP contribution in [0.25, 0.3) is 0 Å². The number of sulfonamides is 1. The molecule has 0 aliphatic carbocycles. The third-order valence-electron chi connectivity index (χ3n) is 4.42. The molecule has 34 heavy (non-hydrogen) atoms. The molecule has 1 heterocycles. The second-order valence-corrected chi connectivity index (χ2v) is 8.63. The van der Waals surface area contributed by atoms with Crippen LogP contribution in [0.1, 0.15) is 5.56 Å². The van der Waals surface area contributed by atoms with Gasteiger partial charge in [-0.05, 0) is 54.1 Å².